The van der Waals surface area contributed by atoms with Crippen LogP contribution in [0, 0.1) is 11.3 Å². The van der Waals surface area contributed by atoms with Gasteiger partial charge in [-0.2, -0.15) is 5.26 Å². The third kappa shape index (κ3) is 4.41. The molecule has 0 atom stereocenters. The van der Waals surface area contributed by atoms with Gasteiger partial charge in [-0.05, 0) is 30.3 Å². The number of sulfonamides is 1. The summed E-state index contributed by atoms with van der Waals surface area (Å²) in [5.74, 6) is 0.860. The van der Waals surface area contributed by atoms with Crippen LogP contribution in [0.3, 0.4) is 0 Å². The first kappa shape index (κ1) is 15.2. The molecule has 2 N–H and O–H groups in total. The molecule has 21 heavy (non-hydrogen) atoms. The van der Waals surface area contributed by atoms with Crippen LogP contribution in [0.2, 0.25) is 5.02 Å². The van der Waals surface area contributed by atoms with Gasteiger partial charge in [0.15, 0.2) is 0 Å². The van der Waals surface area contributed by atoms with Gasteiger partial charge in [-0.1, -0.05) is 11.6 Å². The van der Waals surface area contributed by atoms with E-state index in [-0.39, 0.29) is 10.8 Å². The topological polar surface area (TPSA) is 95.1 Å². The molecule has 0 radical (unpaired) electrons. The molecule has 1 heterocycles. The van der Waals surface area contributed by atoms with Crippen molar-refractivity contribution in [1.82, 2.24) is 0 Å². The maximum absolute atomic E-state index is 11.2. The molecule has 0 saturated carbocycles. The summed E-state index contributed by atoms with van der Waals surface area (Å²) in [6.07, 6.45) is 1.05. The molecule has 0 fully saturated rings. The Hall–Kier alpha value is -2.17. The van der Waals surface area contributed by atoms with Gasteiger partial charge < -0.3 is 9.73 Å². The lowest BCUT2D eigenvalue weighted by Crippen LogP contribution is -2.10. The van der Waals surface area contributed by atoms with E-state index in [0.717, 1.165) is 6.26 Å². The van der Waals surface area contributed by atoms with Crippen LogP contribution in [-0.4, -0.2) is 14.7 Å². The number of nitriles is 1. The lowest BCUT2D eigenvalue weighted by molar-refractivity contribution is 0.506. The molecule has 0 spiro atoms. The normalized spacial score (nSPS) is 10.9. The van der Waals surface area contributed by atoms with E-state index < -0.39 is 10.0 Å². The van der Waals surface area contributed by atoms with Crippen LogP contribution >= 0.6 is 11.6 Å². The highest BCUT2D eigenvalue weighted by molar-refractivity contribution is 7.92. The van der Waals surface area contributed by atoms with Crippen LogP contribution in [0.4, 0.5) is 11.4 Å². The smallest absolute Gasteiger partial charge is 0.229 e. The summed E-state index contributed by atoms with van der Waals surface area (Å²) in [7, 11) is -3.37. The van der Waals surface area contributed by atoms with Gasteiger partial charge in [0.05, 0.1) is 23.5 Å². The predicted octanol–water partition coefficient (Wildman–Crippen LogP) is 2.79. The van der Waals surface area contributed by atoms with Crippen LogP contribution < -0.4 is 10.0 Å². The number of benzene rings is 1. The van der Waals surface area contributed by atoms with E-state index >= 15 is 0 Å². The summed E-state index contributed by atoms with van der Waals surface area (Å²) in [5.41, 5.74) is 1.02. The molecule has 6 nitrogen and oxygen atoms in total. The van der Waals surface area contributed by atoms with Crippen molar-refractivity contribution in [2.75, 3.05) is 16.3 Å². The third-order valence-electron chi connectivity index (χ3n) is 2.50. The van der Waals surface area contributed by atoms with Crippen LogP contribution in [0.5, 0.6) is 0 Å². The van der Waals surface area contributed by atoms with Gasteiger partial charge in [-0.15, -0.1) is 0 Å². The maximum atomic E-state index is 11.2. The summed E-state index contributed by atoms with van der Waals surface area (Å²) in [6, 6.07) is 10.0. The Balaban J connectivity index is 2.05. The van der Waals surface area contributed by atoms with E-state index in [1.165, 1.54) is 0 Å². The van der Waals surface area contributed by atoms with Crippen molar-refractivity contribution in [3.05, 3.63) is 46.9 Å². The van der Waals surface area contributed by atoms with Crippen molar-refractivity contribution in [1.29, 1.82) is 5.26 Å². The van der Waals surface area contributed by atoms with Crippen molar-refractivity contribution < 1.29 is 12.8 Å². The van der Waals surface area contributed by atoms with Crippen LogP contribution in [0.15, 0.2) is 34.7 Å². The van der Waals surface area contributed by atoms with E-state index in [2.05, 4.69) is 10.0 Å². The minimum absolute atomic E-state index is 0.248. The number of hydrogen-bond donors (Lipinski definition) is 2. The highest BCUT2D eigenvalue weighted by Crippen LogP contribution is 2.26. The van der Waals surface area contributed by atoms with Crippen LogP contribution in [0.1, 0.15) is 11.5 Å². The molecule has 1 aromatic carbocycles. The molecule has 0 amide bonds. The summed E-state index contributed by atoms with van der Waals surface area (Å²) < 4.78 is 29.9. The van der Waals surface area contributed by atoms with Gasteiger partial charge in [-0.25, -0.2) is 8.42 Å². The number of nitrogens with one attached hydrogen (secondary N) is 2. The average Bonchev–Trinajstić information content (AvgIpc) is 2.86. The minimum atomic E-state index is -3.37. The molecule has 2 aromatic rings. The second kappa shape index (κ2) is 6.08. The largest absolute Gasteiger partial charge is 0.449 e. The molecule has 2 rings (SSSR count). The van der Waals surface area contributed by atoms with Crippen molar-refractivity contribution in [3.8, 4) is 6.07 Å². The number of nitrogens with zero attached hydrogens (tertiary/aromatic N) is 1. The van der Waals surface area contributed by atoms with Crippen molar-refractivity contribution >= 4 is 33.0 Å². The van der Waals surface area contributed by atoms with Crippen LogP contribution in [-0.2, 0) is 16.6 Å². The van der Waals surface area contributed by atoms with Gasteiger partial charge >= 0.3 is 0 Å². The minimum Gasteiger partial charge on any atom is -0.449 e. The third-order valence-corrected chi connectivity index (χ3v) is 3.41. The van der Waals surface area contributed by atoms with E-state index in [1.807, 2.05) is 6.07 Å². The second-order valence-electron chi connectivity index (χ2n) is 4.30. The van der Waals surface area contributed by atoms with Crippen LogP contribution in [0.25, 0.3) is 0 Å². The van der Waals surface area contributed by atoms with Gasteiger partial charge in [0.1, 0.15) is 11.8 Å². The molecule has 0 aliphatic heterocycles. The first-order chi connectivity index (χ1) is 9.87. The number of halogens is 1. The van der Waals surface area contributed by atoms with E-state index in [1.54, 1.807) is 30.3 Å². The monoisotopic (exact) mass is 325 g/mol. The first-order valence-electron chi connectivity index (χ1n) is 5.87. The molecular formula is C13H12ClN3O3S. The Kier molecular flexibility index (Phi) is 4.40. The molecule has 8 heteroatoms. The fraction of sp³-hybridized carbons (Fsp3) is 0.154. The lowest BCUT2D eigenvalue weighted by Gasteiger charge is -2.09. The quantitative estimate of drug-likeness (QED) is 0.881. The number of furan rings is 1. The number of rotatable bonds is 5. The molecule has 0 unspecified atom stereocenters. The molecule has 0 saturated heterocycles. The molecule has 110 valence electrons. The zero-order valence-electron chi connectivity index (χ0n) is 11.1. The number of hydrogen-bond acceptors (Lipinski definition) is 5. The van der Waals surface area contributed by atoms with E-state index in [0.29, 0.717) is 23.7 Å². The summed E-state index contributed by atoms with van der Waals surface area (Å²) >= 11 is 6.01. The lowest BCUT2D eigenvalue weighted by atomic mass is 10.3. The molecular weight excluding hydrogens is 314 g/mol. The molecule has 0 aliphatic rings. The molecule has 1 aromatic heterocycles. The summed E-state index contributed by atoms with van der Waals surface area (Å²) in [5, 5.41) is 12.0. The molecule has 0 bridgehead atoms. The predicted molar refractivity (Wildman–Crippen MR) is 80.7 cm³/mol. The Bertz CT molecular complexity index is 793. The van der Waals surface area contributed by atoms with Gasteiger partial charge in [0.25, 0.3) is 0 Å². The second-order valence-corrected chi connectivity index (χ2v) is 6.46. The maximum Gasteiger partial charge on any atom is 0.229 e. The average molecular weight is 326 g/mol. The Morgan fingerprint density at radius 3 is 2.67 bits per heavy atom. The summed E-state index contributed by atoms with van der Waals surface area (Å²) in [6.45, 7) is 0.386. The fourth-order valence-electron chi connectivity index (χ4n) is 1.63. The SMILES string of the molecule is CS(=O)(=O)Nc1ccc(NCc2ccc(C#N)o2)cc1Cl. The van der Waals surface area contributed by atoms with E-state index in [4.69, 9.17) is 21.3 Å². The first-order valence-corrected chi connectivity index (χ1v) is 8.14. The highest BCUT2D eigenvalue weighted by Gasteiger charge is 2.07. The highest BCUT2D eigenvalue weighted by atomic mass is 35.5. The van der Waals surface area contributed by atoms with E-state index in [9.17, 15) is 8.42 Å². The zero-order chi connectivity index (χ0) is 15.5. The standard InChI is InChI=1S/C13H12ClN3O3S/c1-21(18,19)17-13-5-2-9(6-12(13)14)16-8-11-4-3-10(7-15)20-11/h2-6,16-17H,8H2,1H3. The Labute approximate surface area is 127 Å². The zero-order valence-corrected chi connectivity index (χ0v) is 12.6. The van der Waals surface area contributed by atoms with Gasteiger partial charge in [0, 0.05) is 5.69 Å². The van der Waals surface area contributed by atoms with Gasteiger partial charge in [0.2, 0.25) is 15.8 Å². The van der Waals surface area contributed by atoms with Gasteiger partial charge in [-0.3, -0.25) is 4.72 Å². The Morgan fingerprint density at radius 2 is 2.10 bits per heavy atom. The fourth-order valence-corrected chi connectivity index (χ4v) is 2.49. The molecule has 0 aliphatic carbocycles. The van der Waals surface area contributed by atoms with Crippen molar-refractivity contribution in [2.24, 2.45) is 0 Å². The Morgan fingerprint density at radius 1 is 1.33 bits per heavy atom. The van der Waals surface area contributed by atoms with Crippen molar-refractivity contribution in [3.63, 3.8) is 0 Å². The van der Waals surface area contributed by atoms with Crippen molar-refractivity contribution in [2.45, 2.75) is 6.54 Å². The summed E-state index contributed by atoms with van der Waals surface area (Å²) in [4.78, 5) is 0. The number of anilines is 2.